The van der Waals surface area contributed by atoms with Gasteiger partial charge in [-0.05, 0) is 48.9 Å². The molecule has 0 aliphatic rings. The van der Waals surface area contributed by atoms with Gasteiger partial charge >= 0.3 is 0 Å². The van der Waals surface area contributed by atoms with E-state index >= 15 is 0 Å². The van der Waals surface area contributed by atoms with Gasteiger partial charge in [-0.1, -0.05) is 24.3 Å². The average Bonchev–Trinajstić information content (AvgIpc) is 3.16. The number of halogens is 1. The summed E-state index contributed by atoms with van der Waals surface area (Å²) in [4.78, 5) is 17.0. The van der Waals surface area contributed by atoms with Gasteiger partial charge in [-0.25, -0.2) is 14.1 Å². The molecule has 0 aliphatic carbocycles. The molecule has 150 valence electrons. The van der Waals surface area contributed by atoms with Gasteiger partial charge in [0, 0.05) is 18.0 Å². The van der Waals surface area contributed by atoms with Crippen LogP contribution in [0.15, 0.2) is 79.1 Å². The molecule has 2 heterocycles. The number of ether oxygens (including phenoxy) is 1. The Balaban J connectivity index is 1.44. The van der Waals surface area contributed by atoms with Crippen molar-refractivity contribution in [2.75, 3.05) is 5.32 Å². The van der Waals surface area contributed by atoms with Crippen LogP contribution >= 0.6 is 0 Å². The van der Waals surface area contributed by atoms with Crippen LogP contribution in [0.2, 0.25) is 0 Å². The zero-order chi connectivity index (χ0) is 20.9. The van der Waals surface area contributed by atoms with Gasteiger partial charge in [-0.2, -0.15) is 5.10 Å². The van der Waals surface area contributed by atoms with Crippen LogP contribution < -0.4 is 10.1 Å². The number of anilines is 1. The molecule has 0 atom stereocenters. The molecule has 0 aliphatic heterocycles. The first-order valence-corrected chi connectivity index (χ1v) is 9.35. The van der Waals surface area contributed by atoms with Crippen LogP contribution in [0.1, 0.15) is 21.6 Å². The maximum absolute atomic E-state index is 13.0. The van der Waals surface area contributed by atoms with Crippen molar-refractivity contribution in [3.8, 4) is 11.6 Å². The Labute approximate surface area is 173 Å². The lowest BCUT2D eigenvalue weighted by Crippen LogP contribution is -2.13. The summed E-state index contributed by atoms with van der Waals surface area (Å²) in [7, 11) is 0. The highest BCUT2D eigenvalue weighted by atomic mass is 19.1. The van der Waals surface area contributed by atoms with Gasteiger partial charge in [0.05, 0.1) is 17.5 Å². The van der Waals surface area contributed by atoms with E-state index in [1.807, 2.05) is 25.1 Å². The van der Waals surface area contributed by atoms with Crippen LogP contribution in [0.4, 0.5) is 10.1 Å². The maximum atomic E-state index is 13.0. The normalized spacial score (nSPS) is 10.6. The molecule has 1 N–H and O–H groups in total. The Morgan fingerprint density at radius 2 is 1.93 bits per heavy atom. The largest absolute Gasteiger partial charge is 0.489 e. The molecule has 0 bridgehead atoms. The molecule has 6 nitrogen and oxygen atoms in total. The third kappa shape index (κ3) is 4.35. The molecule has 30 heavy (non-hydrogen) atoms. The van der Waals surface area contributed by atoms with E-state index in [9.17, 15) is 9.18 Å². The Hall–Kier alpha value is -4.00. The van der Waals surface area contributed by atoms with E-state index in [1.165, 1.54) is 18.3 Å². The molecule has 2 aromatic carbocycles. The quantitative estimate of drug-likeness (QED) is 0.514. The van der Waals surface area contributed by atoms with E-state index < -0.39 is 0 Å². The summed E-state index contributed by atoms with van der Waals surface area (Å²) in [6.45, 7) is 2.12. The highest BCUT2D eigenvalue weighted by Crippen LogP contribution is 2.20. The molecule has 0 spiro atoms. The fraction of sp³-hybridized carbons (Fsp3) is 0.0870. The van der Waals surface area contributed by atoms with E-state index in [-0.39, 0.29) is 11.7 Å². The summed E-state index contributed by atoms with van der Waals surface area (Å²) >= 11 is 0. The summed E-state index contributed by atoms with van der Waals surface area (Å²) in [5.41, 5.74) is 2.60. The van der Waals surface area contributed by atoms with E-state index in [4.69, 9.17) is 4.74 Å². The van der Waals surface area contributed by atoms with Gasteiger partial charge in [0.2, 0.25) is 0 Å². The lowest BCUT2D eigenvalue weighted by molar-refractivity contribution is 0.102. The number of nitrogens with one attached hydrogen (secondary N) is 1. The summed E-state index contributed by atoms with van der Waals surface area (Å²) in [5, 5.41) is 7.14. The minimum Gasteiger partial charge on any atom is -0.489 e. The Morgan fingerprint density at radius 1 is 1.10 bits per heavy atom. The molecule has 4 rings (SSSR count). The van der Waals surface area contributed by atoms with Crippen LogP contribution in [-0.4, -0.2) is 20.7 Å². The summed E-state index contributed by atoms with van der Waals surface area (Å²) in [5.74, 6) is 0.679. The fourth-order valence-electron chi connectivity index (χ4n) is 2.95. The molecule has 2 aromatic heterocycles. The van der Waals surface area contributed by atoms with E-state index in [2.05, 4.69) is 15.4 Å². The van der Waals surface area contributed by atoms with Crippen molar-refractivity contribution in [1.82, 2.24) is 14.8 Å². The number of carbonyl (C=O) groups is 1. The lowest BCUT2D eigenvalue weighted by Gasteiger charge is -2.09. The molecule has 0 saturated carbocycles. The number of pyridine rings is 1. The van der Waals surface area contributed by atoms with Crippen LogP contribution in [0, 0.1) is 12.7 Å². The zero-order valence-electron chi connectivity index (χ0n) is 16.2. The van der Waals surface area contributed by atoms with Crippen molar-refractivity contribution in [2.45, 2.75) is 13.5 Å². The molecular weight excluding hydrogens is 383 g/mol. The molecular formula is C23H19FN4O2. The molecule has 0 saturated heterocycles. The Bertz CT molecular complexity index is 1160. The first-order chi connectivity index (χ1) is 14.6. The predicted octanol–water partition coefficient (Wildman–Crippen LogP) is 4.55. The second-order valence-corrected chi connectivity index (χ2v) is 6.64. The van der Waals surface area contributed by atoms with Crippen molar-refractivity contribution in [1.29, 1.82) is 0 Å². The van der Waals surface area contributed by atoms with Crippen LogP contribution in [0.25, 0.3) is 5.82 Å². The number of hydrogen-bond acceptors (Lipinski definition) is 4. The second kappa shape index (κ2) is 8.57. The first-order valence-electron chi connectivity index (χ1n) is 9.35. The smallest absolute Gasteiger partial charge is 0.259 e. The Morgan fingerprint density at radius 3 is 2.70 bits per heavy atom. The number of carbonyl (C=O) groups excluding carboxylic acids is 1. The number of hydrogen-bond donors (Lipinski definition) is 1. The summed E-state index contributed by atoms with van der Waals surface area (Å²) < 4.78 is 20.4. The van der Waals surface area contributed by atoms with Gasteiger partial charge in [0.1, 0.15) is 18.2 Å². The molecule has 0 unspecified atom stereocenters. The molecule has 0 radical (unpaired) electrons. The van der Waals surface area contributed by atoms with Crippen molar-refractivity contribution in [3.05, 3.63) is 102 Å². The second-order valence-electron chi connectivity index (χ2n) is 6.64. The topological polar surface area (TPSA) is 69.0 Å². The number of amides is 1. The molecule has 1 amide bonds. The minimum atomic E-state index is -0.287. The summed E-state index contributed by atoms with van der Waals surface area (Å²) in [6.07, 6.45) is 3.20. The highest BCUT2D eigenvalue weighted by Gasteiger charge is 2.16. The van der Waals surface area contributed by atoms with E-state index in [1.54, 1.807) is 47.3 Å². The van der Waals surface area contributed by atoms with Crippen molar-refractivity contribution >= 4 is 11.6 Å². The maximum Gasteiger partial charge on any atom is 0.259 e. The van der Waals surface area contributed by atoms with Crippen LogP contribution in [0.5, 0.6) is 5.75 Å². The standard InChI is InChI=1S/C23H19FN4O2/c1-16-21(14-26-28(16)22-7-2-3-12-25-22)23(29)27-19-5-4-6-20(13-19)30-15-17-8-10-18(24)11-9-17/h2-14H,15H2,1H3,(H,27,29). The first kappa shape index (κ1) is 19.3. The average molecular weight is 402 g/mol. The van der Waals surface area contributed by atoms with Crippen molar-refractivity contribution in [2.24, 2.45) is 0 Å². The third-order valence-corrected chi connectivity index (χ3v) is 4.53. The van der Waals surface area contributed by atoms with Gasteiger partial charge in [0.15, 0.2) is 5.82 Å². The highest BCUT2D eigenvalue weighted by molar-refractivity contribution is 6.05. The Kier molecular flexibility index (Phi) is 5.52. The monoisotopic (exact) mass is 402 g/mol. The molecule has 4 aromatic rings. The third-order valence-electron chi connectivity index (χ3n) is 4.53. The van der Waals surface area contributed by atoms with Gasteiger partial charge < -0.3 is 10.1 Å². The van der Waals surface area contributed by atoms with Crippen molar-refractivity contribution < 1.29 is 13.9 Å². The predicted molar refractivity (Wildman–Crippen MR) is 111 cm³/mol. The molecule has 7 heteroatoms. The lowest BCUT2D eigenvalue weighted by atomic mass is 10.2. The number of benzene rings is 2. The van der Waals surface area contributed by atoms with Gasteiger partial charge in [-0.3, -0.25) is 4.79 Å². The zero-order valence-corrected chi connectivity index (χ0v) is 16.2. The van der Waals surface area contributed by atoms with Gasteiger partial charge in [0.25, 0.3) is 5.91 Å². The minimum absolute atomic E-state index is 0.273. The summed E-state index contributed by atoms with van der Waals surface area (Å²) in [6, 6.07) is 18.7. The van der Waals surface area contributed by atoms with Gasteiger partial charge in [-0.15, -0.1) is 0 Å². The van der Waals surface area contributed by atoms with E-state index in [0.29, 0.717) is 35.1 Å². The van der Waals surface area contributed by atoms with E-state index in [0.717, 1.165) is 5.56 Å². The molecule has 0 fully saturated rings. The number of nitrogens with zero attached hydrogens (tertiary/aromatic N) is 3. The van der Waals surface area contributed by atoms with Crippen molar-refractivity contribution in [3.63, 3.8) is 0 Å². The SMILES string of the molecule is Cc1c(C(=O)Nc2cccc(OCc3ccc(F)cc3)c2)cnn1-c1ccccn1. The van der Waals surface area contributed by atoms with Crippen LogP contribution in [-0.2, 0) is 6.61 Å². The number of aromatic nitrogens is 3. The fourth-order valence-corrected chi connectivity index (χ4v) is 2.95. The van der Waals surface area contributed by atoms with Crippen LogP contribution in [0.3, 0.4) is 0 Å². The number of rotatable bonds is 6.